The predicted octanol–water partition coefficient (Wildman–Crippen LogP) is 4.17. The molecule has 0 atom stereocenters. The number of hydrogen-bond acceptors (Lipinski definition) is 1. The summed E-state index contributed by atoms with van der Waals surface area (Å²) in [6.07, 6.45) is 14.0. The number of hydrogen-bond donors (Lipinski definition) is 0. The monoisotopic (exact) mass is 221 g/mol. The summed E-state index contributed by atoms with van der Waals surface area (Å²) in [5.74, 6) is 0. The molecule has 2 rings (SSSR count). The van der Waals surface area contributed by atoms with Crippen molar-refractivity contribution in [2.45, 2.75) is 13.8 Å². The van der Waals surface area contributed by atoms with Crippen molar-refractivity contribution in [1.29, 1.82) is 0 Å². The van der Waals surface area contributed by atoms with E-state index in [0.29, 0.717) is 0 Å². The second-order valence-corrected chi connectivity index (χ2v) is 3.77. The lowest BCUT2D eigenvalue weighted by atomic mass is 10.0. The van der Waals surface area contributed by atoms with E-state index in [2.05, 4.69) is 28.9 Å². The van der Waals surface area contributed by atoms with Crippen molar-refractivity contribution in [3.8, 4) is 0 Å². The molecule has 0 N–H and O–H groups in total. The Morgan fingerprint density at radius 2 is 1.94 bits per heavy atom. The quantitative estimate of drug-likeness (QED) is 0.683. The summed E-state index contributed by atoms with van der Waals surface area (Å²) in [4.78, 5) is 4.48. The fourth-order valence-corrected chi connectivity index (χ4v) is 1.85. The van der Waals surface area contributed by atoms with Gasteiger partial charge in [-0.25, -0.2) is 0 Å². The molecule has 0 bridgehead atoms. The fourth-order valence-electron chi connectivity index (χ4n) is 1.85. The summed E-state index contributed by atoms with van der Waals surface area (Å²) in [5, 5.41) is 0. The van der Waals surface area contributed by atoms with Crippen molar-refractivity contribution < 1.29 is 0 Å². The molecule has 0 fully saturated rings. The minimum Gasteiger partial charge on any atom is -0.256 e. The molecule has 84 valence electrons. The highest BCUT2D eigenvalue weighted by Gasteiger charge is 2.09. The number of allylic oxidation sites excluding steroid dienone is 7. The van der Waals surface area contributed by atoms with Gasteiger partial charge in [-0.15, -0.1) is 5.73 Å². The van der Waals surface area contributed by atoms with E-state index in [9.17, 15) is 0 Å². The first-order chi connectivity index (χ1) is 8.36. The second-order valence-electron chi connectivity index (χ2n) is 3.77. The van der Waals surface area contributed by atoms with Gasteiger partial charge in [0, 0.05) is 17.3 Å². The molecule has 17 heavy (non-hydrogen) atoms. The zero-order valence-corrected chi connectivity index (χ0v) is 10.1. The van der Waals surface area contributed by atoms with Gasteiger partial charge in [0.25, 0.3) is 0 Å². The first-order valence-electron chi connectivity index (χ1n) is 5.74. The van der Waals surface area contributed by atoms with Crippen LogP contribution in [0.5, 0.6) is 0 Å². The van der Waals surface area contributed by atoms with E-state index in [-0.39, 0.29) is 0 Å². The summed E-state index contributed by atoms with van der Waals surface area (Å²) in [5.41, 5.74) is 7.59. The first-order valence-corrected chi connectivity index (χ1v) is 5.74. The molecule has 1 heterocycles. The van der Waals surface area contributed by atoms with Crippen molar-refractivity contribution in [1.82, 2.24) is 4.98 Å². The minimum absolute atomic E-state index is 1.01. The van der Waals surface area contributed by atoms with E-state index in [1.165, 1.54) is 0 Å². The van der Waals surface area contributed by atoms with E-state index in [1.807, 2.05) is 50.4 Å². The van der Waals surface area contributed by atoms with Gasteiger partial charge >= 0.3 is 0 Å². The third-order valence-electron chi connectivity index (χ3n) is 2.56. The Hall–Kier alpha value is -2.11. The van der Waals surface area contributed by atoms with Crippen molar-refractivity contribution in [2.75, 3.05) is 0 Å². The van der Waals surface area contributed by atoms with Crippen molar-refractivity contribution >= 4 is 11.6 Å². The summed E-state index contributed by atoms with van der Waals surface area (Å²) < 4.78 is 0. The van der Waals surface area contributed by atoms with Crippen LogP contribution in [0, 0.1) is 0 Å². The number of rotatable bonds is 2. The zero-order valence-electron chi connectivity index (χ0n) is 10.1. The van der Waals surface area contributed by atoms with Gasteiger partial charge in [-0.05, 0) is 37.6 Å². The fraction of sp³-hybridized carbons (Fsp3) is 0.125. The number of fused-ring (bicyclic) bond motifs is 1. The smallest absolute Gasteiger partial charge is 0.0786 e. The summed E-state index contributed by atoms with van der Waals surface area (Å²) >= 11 is 0. The number of aromatic nitrogens is 1. The average Bonchev–Trinajstić information content (AvgIpc) is 2.51. The molecule has 0 aliphatic heterocycles. The average molecular weight is 221 g/mol. The van der Waals surface area contributed by atoms with Crippen LogP contribution in [0.15, 0.2) is 60.0 Å². The third-order valence-corrected chi connectivity index (χ3v) is 2.56. The van der Waals surface area contributed by atoms with Gasteiger partial charge in [0.2, 0.25) is 0 Å². The molecule has 1 aromatic rings. The van der Waals surface area contributed by atoms with Crippen LogP contribution in [-0.2, 0) is 0 Å². The van der Waals surface area contributed by atoms with Crippen LogP contribution in [0.3, 0.4) is 0 Å². The van der Waals surface area contributed by atoms with E-state index >= 15 is 0 Å². The molecule has 1 aliphatic rings. The van der Waals surface area contributed by atoms with Crippen molar-refractivity contribution in [3.63, 3.8) is 0 Å². The van der Waals surface area contributed by atoms with Crippen LogP contribution in [0.1, 0.15) is 25.1 Å². The second kappa shape index (κ2) is 5.29. The SMILES string of the molecule is CC=CC1=C(C=CC)c2ncccc2C=C=C1. The molecule has 0 saturated carbocycles. The molecule has 1 aliphatic carbocycles. The molecule has 1 nitrogen and oxygen atoms in total. The summed E-state index contributed by atoms with van der Waals surface area (Å²) in [6, 6.07) is 4.01. The van der Waals surface area contributed by atoms with E-state index < -0.39 is 0 Å². The molecule has 0 aromatic carbocycles. The van der Waals surface area contributed by atoms with Crippen LogP contribution in [0.4, 0.5) is 0 Å². The normalized spacial score (nSPS) is 14.7. The summed E-state index contributed by atoms with van der Waals surface area (Å²) in [7, 11) is 0. The van der Waals surface area contributed by atoms with Crippen LogP contribution >= 0.6 is 0 Å². The maximum atomic E-state index is 4.48. The minimum atomic E-state index is 1.01. The van der Waals surface area contributed by atoms with E-state index in [4.69, 9.17) is 0 Å². The molecular formula is C16H15N. The molecular weight excluding hydrogens is 206 g/mol. The van der Waals surface area contributed by atoms with Gasteiger partial charge in [0.1, 0.15) is 0 Å². The number of pyridine rings is 1. The Labute approximate surface area is 102 Å². The predicted molar refractivity (Wildman–Crippen MR) is 73.3 cm³/mol. The van der Waals surface area contributed by atoms with Gasteiger partial charge in [0.05, 0.1) is 5.69 Å². The zero-order chi connectivity index (χ0) is 12.1. The van der Waals surface area contributed by atoms with Crippen molar-refractivity contribution in [3.05, 3.63) is 71.3 Å². The lowest BCUT2D eigenvalue weighted by Gasteiger charge is -2.06. The van der Waals surface area contributed by atoms with Gasteiger partial charge in [-0.2, -0.15) is 0 Å². The Morgan fingerprint density at radius 1 is 1.12 bits per heavy atom. The lowest BCUT2D eigenvalue weighted by Crippen LogP contribution is -1.92. The van der Waals surface area contributed by atoms with E-state index in [1.54, 1.807) is 0 Å². The lowest BCUT2D eigenvalue weighted by molar-refractivity contribution is 1.26. The Morgan fingerprint density at radius 3 is 2.71 bits per heavy atom. The Kier molecular flexibility index (Phi) is 3.54. The Bertz CT molecular complexity index is 565. The van der Waals surface area contributed by atoms with Crippen LogP contribution in [0.2, 0.25) is 0 Å². The van der Waals surface area contributed by atoms with Gasteiger partial charge in [-0.1, -0.05) is 30.4 Å². The molecule has 0 saturated heterocycles. The molecule has 0 radical (unpaired) electrons. The van der Waals surface area contributed by atoms with Crippen LogP contribution in [-0.4, -0.2) is 4.98 Å². The topological polar surface area (TPSA) is 12.9 Å². The molecule has 0 unspecified atom stereocenters. The van der Waals surface area contributed by atoms with Gasteiger partial charge < -0.3 is 0 Å². The first kappa shape index (κ1) is 11.4. The van der Waals surface area contributed by atoms with Crippen molar-refractivity contribution in [2.24, 2.45) is 0 Å². The molecule has 0 spiro atoms. The highest BCUT2D eigenvalue weighted by molar-refractivity contribution is 5.84. The third kappa shape index (κ3) is 2.35. The standard InChI is InChI=1S/C16H15N/c1-3-7-13-9-5-10-14-11-6-12-17-16(14)15(13)8-4-2/h3-4,6-12H,1-2H3. The largest absolute Gasteiger partial charge is 0.256 e. The number of nitrogens with zero attached hydrogens (tertiary/aromatic N) is 1. The molecule has 0 amide bonds. The van der Waals surface area contributed by atoms with Gasteiger partial charge in [0.15, 0.2) is 0 Å². The Balaban J connectivity index is 2.72. The highest BCUT2D eigenvalue weighted by Crippen LogP contribution is 2.26. The van der Waals surface area contributed by atoms with Gasteiger partial charge in [-0.3, -0.25) is 4.98 Å². The maximum absolute atomic E-state index is 4.48. The summed E-state index contributed by atoms with van der Waals surface area (Å²) in [6.45, 7) is 4.03. The van der Waals surface area contributed by atoms with Crippen LogP contribution < -0.4 is 0 Å². The molecule has 1 heteroatoms. The van der Waals surface area contributed by atoms with Crippen LogP contribution in [0.25, 0.3) is 11.6 Å². The van der Waals surface area contributed by atoms with E-state index in [0.717, 1.165) is 22.4 Å². The molecule has 1 aromatic heterocycles. The highest BCUT2D eigenvalue weighted by atomic mass is 14.7. The maximum Gasteiger partial charge on any atom is 0.0786 e.